The summed E-state index contributed by atoms with van der Waals surface area (Å²) >= 11 is 0. The second-order valence-corrected chi connectivity index (χ2v) is 4.49. The molecule has 0 aromatic rings. The Hall–Kier alpha value is -0.200. The van der Waals surface area contributed by atoms with Gasteiger partial charge in [0.25, 0.3) is 0 Å². The lowest BCUT2D eigenvalue weighted by Gasteiger charge is -2.41. The highest BCUT2D eigenvalue weighted by atomic mass is 16.6. The van der Waals surface area contributed by atoms with Gasteiger partial charge in [0, 0.05) is 0 Å². The summed E-state index contributed by atoms with van der Waals surface area (Å²) in [6.07, 6.45) is -2.90. The molecule has 15 heavy (non-hydrogen) atoms. The van der Waals surface area contributed by atoms with Gasteiger partial charge in [-0.25, -0.2) is 0 Å². The van der Waals surface area contributed by atoms with Crippen molar-refractivity contribution in [1.82, 2.24) is 5.32 Å². The molecule has 5 nitrogen and oxygen atoms in total. The Morgan fingerprint density at radius 1 is 1.20 bits per heavy atom. The lowest BCUT2D eigenvalue weighted by Crippen LogP contribution is -2.62. The van der Waals surface area contributed by atoms with E-state index in [1.807, 2.05) is 13.8 Å². The van der Waals surface area contributed by atoms with Crippen molar-refractivity contribution in [2.75, 3.05) is 7.05 Å². The quantitative estimate of drug-likeness (QED) is 0.492. The van der Waals surface area contributed by atoms with Crippen molar-refractivity contribution in [3.05, 3.63) is 0 Å². The second-order valence-electron chi connectivity index (χ2n) is 4.49. The van der Waals surface area contributed by atoms with Gasteiger partial charge >= 0.3 is 0 Å². The van der Waals surface area contributed by atoms with Crippen LogP contribution in [0.15, 0.2) is 0 Å². The number of hydrogen-bond donors (Lipinski definition) is 4. The van der Waals surface area contributed by atoms with Crippen LogP contribution in [0, 0.1) is 5.92 Å². The molecule has 4 N–H and O–H groups in total. The van der Waals surface area contributed by atoms with Crippen LogP contribution < -0.4 is 5.32 Å². The first kappa shape index (κ1) is 12.9. The summed E-state index contributed by atoms with van der Waals surface area (Å²) in [5.41, 5.74) is 0. The van der Waals surface area contributed by atoms with Gasteiger partial charge in [0.05, 0.1) is 12.1 Å². The van der Waals surface area contributed by atoms with Gasteiger partial charge in [-0.3, -0.25) is 0 Å². The molecule has 0 amide bonds. The summed E-state index contributed by atoms with van der Waals surface area (Å²) in [4.78, 5) is 0. The standard InChI is InChI=1S/C10H21NO4/c1-5(2)4-6-8(12)9(13)7(11-3)10(14)15-6/h5-14H,4H2,1-3H3. The van der Waals surface area contributed by atoms with E-state index in [2.05, 4.69) is 5.32 Å². The van der Waals surface area contributed by atoms with E-state index in [1.54, 1.807) is 7.05 Å². The van der Waals surface area contributed by atoms with Gasteiger partial charge in [-0.15, -0.1) is 0 Å². The number of aliphatic hydroxyl groups excluding tert-OH is 3. The van der Waals surface area contributed by atoms with Gasteiger partial charge in [-0.2, -0.15) is 0 Å². The van der Waals surface area contributed by atoms with Crippen molar-refractivity contribution in [2.24, 2.45) is 5.92 Å². The first-order valence-corrected chi connectivity index (χ1v) is 5.34. The summed E-state index contributed by atoms with van der Waals surface area (Å²) in [6.45, 7) is 4.00. The van der Waals surface area contributed by atoms with E-state index in [1.165, 1.54) is 0 Å². The average molecular weight is 219 g/mol. The van der Waals surface area contributed by atoms with Gasteiger partial charge in [0.15, 0.2) is 6.29 Å². The molecule has 1 rings (SSSR count). The van der Waals surface area contributed by atoms with Gasteiger partial charge in [0.2, 0.25) is 0 Å². The summed E-state index contributed by atoms with van der Waals surface area (Å²) in [5, 5.41) is 31.8. The second kappa shape index (κ2) is 5.23. The molecule has 0 aliphatic carbocycles. The van der Waals surface area contributed by atoms with Crippen molar-refractivity contribution in [2.45, 2.75) is 50.9 Å². The molecule has 0 spiro atoms. The minimum absolute atomic E-state index is 0.343. The Bertz CT molecular complexity index is 200. The predicted molar refractivity (Wildman–Crippen MR) is 55.2 cm³/mol. The Balaban J connectivity index is 2.64. The Labute approximate surface area is 90.1 Å². The maximum Gasteiger partial charge on any atom is 0.173 e. The molecule has 1 fully saturated rings. The number of hydrogen-bond acceptors (Lipinski definition) is 5. The highest BCUT2D eigenvalue weighted by molar-refractivity contribution is 4.92. The third-order valence-electron chi connectivity index (χ3n) is 2.76. The van der Waals surface area contributed by atoms with Crippen LogP contribution in [0.3, 0.4) is 0 Å². The summed E-state index contributed by atoms with van der Waals surface area (Å²) < 4.78 is 5.27. The van der Waals surface area contributed by atoms with Gasteiger partial charge in [0.1, 0.15) is 12.2 Å². The van der Waals surface area contributed by atoms with Crippen LogP contribution in [0.1, 0.15) is 20.3 Å². The van der Waals surface area contributed by atoms with Crippen LogP contribution in [-0.2, 0) is 4.74 Å². The first-order valence-electron chi connectivity index (χ1n) is 5.34. The fourth-order valence-electron chi connectivity index (χ4n) is 1.92. The smallest absolute Gasteiger partial charge is 0.173 e. The van der Waals surface area contributed by atoms with E-state index in [0.29, 0.717) is 12.3 Å². The first-order chi connectivity index (χ1) is 6.97. The van der Waals surface area contributed by atoms with E-state index in [-0.39, 0.29) is 0 Å². The minimum atomic E-state index is -1.07. The minimum Gasteiger partial charge on any atom is -0.388 e. The molecule has 0 aromatic heterocycles. The lowest BCUT2D eigenvalue weighted by atomic mass is 9.92. The number of aliphatic hydroxyl groups is 3. The molecule has 1 aliphatic heterocycles. The molecule has 1 heterocycles. The third kappa shape index (κ3) is 2.89. The van der Waals surface area contributed by atoms with Gasteiger partial charge in [-0.1, -0.05) is 13.8 Å². The molecular formula is C10H21NO4. The van der Waals surface area contributed by atoms with Crippen LogP contribution >= 0.6 is 0 Å². The summed E-state index contributed by atoms with van der Waals surface area (Å²) in [6, 6.07) is -0.636. The van der Waals surface area contributed by atoms with Crippen LogP contribution in [-0.4, -0.2) is 53.0 Å². The summed E-state index contributed by atoms with van der Waals surface area (Å²) in [5.74, 6) is 0.343. The molecule has 5 unspecified atom stereocenters. The van der Waals surface area contributed by atoms with E-state index in [0.717, 1.165) is 0 Å². The van der Waals surface area contributed by atoms with E-state index in [4.69, 9.17) is 4.74 Å². The molecule has 1 saturated heterocycles. The molecule has 5 atom stereocenters. The zero-order valence-corrected chi connectivity index (χ0v) is 9.42. The zero-order chi connectivity index (χ0) is 11.6. The van der Waals surface area contributed by atoms with Crippen molar-refractivity contribution in [1.29, 1.82) is 0 Å². The normalized spacial score (nSPS) is 42.2. The maximum atomic E-state index is 9.78. The zero-order valence-electron chi connectivity index (χ0n) is 9.42. The van der Waals surface area contributed by atoms with Gasteiger partial charge < -0.3 is 25.4 Å². The molecule has 0 aromatic carbocycles. The highest BCUT2D eigenvalue weighted by Gasteiger charge is 2.42. The summed E-state index contributed by atoms with van der Waals surface area (Å²) in [7, 11) is 1.61. The van der Waals surface area contributed by atoms with Crippen LogP contribution in [0.5, 0.6) is 0 Å². The molecular weight excluding hydrogens is 198 g/mol. The van der Waals surface area contributed by atoms with Gasteiger partial charge in [-0.05, 0) is 19.4 Å². The Kier molecular flexibility index (Phi) is 4.48. The van der Waals surface area contributed by atoms with E-state index >= 15 is 0 Å². The van der Waals surface area contributed by atoms with Crippen molar-refractivity contribution >= 4 is 0 Å². The highest BCUT2D eigenvalue weighted by Crippen LogP contribution is 2.24. The number of nitrogens with one attached hydrogen (secondary N) is 1. The van der Waals surface area contributed by atoms with Crippen LogP contribution in [0.25, 0.3) is 0 Å². The molecule has 0 radical (unpaired) electrons. The number of likely N-dealkylation sites (N-methyl/N-ethyl adjacent to an activating group) is 1. The molecule has 5 heteroatoms. The lowest BCUT2D eigenvalue weighted by molar-refractivity contribution is -0.249. The fraction of sp³-hybridized carbons (Fsp3) is 1.00. The Morgan fingerprint density at radius 3 is 2.27 bits per heavy atom. The van der Waals surface area contributed by atoms with Crippen LogP contribution in [0.2, 0.25) is 0 Å². The molecule has 0 bridgehead atoms. The molecule has 1 aliphatic rings. The predicted octanol–water partition coefficient (Wildman–Crippen LogP) is -0.941. The average Bonchev–Trinajstić information content (AvgIpc) is 2.14. The number of ether oxygens (including phenoxy) is 1. The molecule has 90 valence electrons. The fourth-order valence-corrected chi connectivity index (χ4v) is 1.92. The van der Waals surface area contributed by atoms with Crippen LogP contribution in [0.4, 0.5) is 0 Å². The van der Waals surface area contributed by atoms with Crippen molar-refractivity contribution in [3.63, 3.8) is 0 Å². The largest absolute Gasteiger partial charge is 0.388 e. The van der Waals surface area contributed by atoms with E-state index < -0.39 is 30.6 Å². The molecule has 0 saturated carbocycles. The monoisotopic (exact) mass is 219 g/mol. The maximum absolute atomic E-state index is 9.78. The SMILES string of the molecule is CNC1C(O)OC(CC(C)C)C(O)C1O. The number of rotatable bonds is 3. The van der Waals surface area contributed by atoms with E-state index in [9.17, 15) is 15.3 Å². The topological polar surface area (TPSA) is 82.0 Å². The van der Waals surface area contributed by atoms with Crippen molar-refractivity contribution in [3.8, 4) is 0 Å². The third-order valence-corrected chi connectivity index (χ3v) is 2.76. The Morgan fingerprint density at radius 2 is 1.80 bits per heavy atom. The van der Waals surface area contributed by atoms with Crippen molar-refractivity contribution < 1.29 is 20.1 Å².